The highest BCUT2D eigenvalue weighted by atomic mass is 32.2. The fourth-order valence-electron chi connectivity index (χ4n) is 7.34. The van der Waals surface area contributed by atoms with Crippen LogP contribution >= 0.6 is 0 Å². The summed E-state index contributed by atoms with van der Waals surface area (Å²) in [5.41, 5.74) is 0.765. The summed E-state index contributed by atoms with van der Waals surface area (Å²) in [7, 11) is -1.93. The Morgan fingerprint density at radius 1 is 1.02 bits per heavy atom. The number of rotatable bonds is 9. The number of amides is 1. The Labute approximate surface area is 249 Å². The molecule has 6 atom stereocenters. The highest BCUT2D eigenvalue weighted by molar-refractivity contribution is 7.89. The van der Waals surface area contributed by atoms with Crippen molar-refractivity contribution in [3.8, 4) is 0 Å². The molecule has 2 aromatic carbocycles. The van der Waals surface area contributed by atoms with Crippen molar-refractivity contribution in [3.63, 3.8) is 0 Å². The van der Waals surface area contributed by atoms with Crippen molar-refractivity contribution >= 4 is 16.1 Å². The van der Waals surface area contributed by atoms with Crippen molar-refractivity contribution in [2.75, 3.05) is 53.0 Å². The largest absolute Gasteiger partial charge is 0.443 e. The maximum absolute atomic E-state index is 13.4. The molecule has 4 heterocycles. The monoisotopic (exact) mass is 597 g/mol. The van der Waals surface area contributed by atoms with Crippen LogP contribution in [0.15, 0.2) is 65.6 Å². The molecule has 0 bridgehead atoms. The van der Waals surface area contributed by atoms with E-state index in [-0.39, 0.29) is 35.9 Å². The molecule has 0 aromatic heterocycles. The van der Waals surface area contributed by atoms with Crippen molar-refractivity contribution in [3.05, 3.63) is 66.2 Å². The Balaban J connectivity index is 1.07. The number of ether oxygens (including phenoxy) is 3. The fourth-order valence-corrected chi connectivity index (χ4v) is 8.66. The second kappa shape index (κ2) is 12.2. The minimum atomic E-state index is -3.61. The number of likely N-dealkylation sites (N-methyl/N-ethyl adjacent to an activating group) is 1. The van der Waals surface area contributed by atoms with E-state index in [1.54, 1.807) is 31.3 Å². The Hall–Kier alpha value is -2.50. The molecule has 42 heavy (non-hydrogen) atoms. The van der Waals surface area contributed by atoms with Gasteiger partial charge >= 0.3 is 6.09 Å². The average Bonchev–Trinajstić information content (AvgIpc) is 3.74. The first-order valence-electron chi connectivity index (χ1n) is 15.2. The molecule has 6 rings (SSSR count). The molecule has 0 spiro atoms. The van der Waals surface area contributed by atoms with E-state index in [0.29, 0.717) is 30.6 Å². The third kappa shape index (κ3) is 5.97. The molecule has 2 aromatic rings. The van der Waals surface area contributed by atoms with E-state index in [4.69, 9.17) is 14.2 Å². The predicted molar refractivity (Wildman–Crippen MR) is 158 cm³/mol. The van der Waals surface area contributed by atoms with Crippen LogP contribution in [0.2, 0.25) is 0 Å². The summed E-state index contributed by atoms with van der Waals surface area (Å²) in [6.07, 6.45) is 2.93. The Morgan fingerprint density at radius 2 is 1.76 bits per heavy atom. The Bertz CT molecular complexity index is 1330. The van der Waals surface area contributed by atoms with Gasteiger partial charge in [0.2, 0.25) is 10.0 Å². The van der Waals surface area contributed by atoms with Crippen molar-refractivity contribution in [1.82, 2.24) is 14.1 Å². The van der Waals surface area contributed by atoms with E-state index in [2.05, 4.69) is 24.0 Å². The molecule has 0 aliphatic carbocycles. The van der Waals surface area contributed by atoms with Gasteiger partial charge in [-0.25, -0.2) is 17.5 Å². The van der Waals surface area contributed by atoms with Crippen LogP contribution in [0.1, 0.15) is 38.2 Å². The SMILES string of the molecule is CN(CC(C)(CCN1CCC2C(CCN2C(=O)OC2CO[C@H]3OCCC23)C1)c1ccccc1)S(=O)(=O)c1ccccc1. The molecule has 0 radical (unpaired) electrons. The molecule has 0 saturated carbocycles. The maximum atomic E-state index is 13.4. The topological polar surface area (TPSA) is 88.6 Å². The predicted octanol–water partition coefficient (Wildman–Crippen LogP) is 3.95. The van der Waals surface area contributed by atoms with Crippen LogP contribution in [0, 0.1) is 11.8 Å². The number of benzene rings is 2. The zero-order valence-electron chi connectivity index (χ0n) is 24.6. The second-order valence-electron chi connectivity index (χ2n) is 12.6. The maximum Gasteiger partial charge on any atom is 0.410 e. The van der Waals surface area contributed by atoms with Crippen molar-refractivity contribution in [2.24, 2.45) is 11.8 Å². The summed E-state index contributed by atoms with van der Waals surface area (Å²) in [6.45, 7) is 7.05. The van der Waals surface area contributed by atoms with E-state index in [1.807, 2.05) is 29.2 Å². The molecule has 4 fully saturated rings. The molecular weight excluding hydrogens is 554 g/mol. The van der Waals surface area contributed by atoms with Gasteiger partial charge in [0.1, 0.15) is 6.10 Å². The highest BCUT2D eigenvalue weighted by Gasteiger charge is 2.47. The smallest absolute Gasteiger partial charge is 0.410 e. The van der Waals surface area contributed by atoms with Crippen molar-refractivity contribution in [1.29, 1.82) is 0 Å². The first-order valence-corrected chi connectivity index (χ1v) is 16.7. The third-order valence-corrected chi connectivity index (χ3v) is 11.7. The zero-order valence-corrected chi connectivity index (χ0v) is 25.5. The van der Waals surface area contributed by atoms with Gasteiger partial charge in [0.15, 0.2) is 6.29 Å². The number of hydrogen-bond acceptors (Lipinski definition) is 7. The normalized spacial score (nSPS) is 29.3. The number of fused-ring (bicyclic) bond motifs is 2. The van der Waals surface area contributed by atoms with Gasteiger partial charge in [-0.2, -0.15) is 0 Å². The number of nitrogens with zero attached hydrogens (tertiary/aromatic N) is 3. The van der Waals surface area contributed by atoms with Gasteiger partial charge in [0.25, 0.3) is 0 Å². The zero-order chi connectivity index (χ0) is 29.3. The molecule has 4 saturated heterocycles. The summed E-state index contributed by atoms with van der Waals surface area (Å²) < 4.78 is 45.4. The van der Waals surface area contributed by atoms with Gasteiger partial charge in [-0.1, -0.05) is 55.5 Å². The Kier molecular flexibility index (Phi) is 8.62. The van der Waals surface area contributed by atoms with E-state index in [1.165, 1.54) is 4.31 Å². The number of hydrogen-bond donors (Lipinski definition) is 0. The molecule has 228 valence electrons. The molecule has 4 aliphatic rings. The summed E-state index contributed by atoms with van der Waals surface area (Å²) in [4.78, 5) is 17.9. The van der Waals surface area contributed by atoms with E-state index < -0.39 is 10.0 Å². The molecule has 1 amide bonds. The third-order valence-electron chi connectivity index (χ3n) is 9.86. The number of sulfonamides is 1. The van der Waals surface area contributed by atoms with Gasteiger partial charge in [-0.05, 0) is 55.8 Å². The number of likely N-dealkylation sites (tertiary alicyclic amines) is 2. The molecule has 4 aliphatic heterocycles. The van der Waals surface area contributed by atoms with Gasteiger partial charge in [0.05, 0.1) is 24.0 Å². The first-order chi connectivity index (χ1) is 20.2. The molecule has 5 unspecified atom stereocenters. The van der Waals surface area contributed by atoms with E-state index in [9.17, 15) is 13.2 Å². The molecular formula is C32H43N3O6S. The lowest BCUT2D eigenvalue weighted by atomic mass is 9.79. The summed E-state index contributed by atoms with van der Waals surface area (Å²) in [5.74, 6) is 0.563. The Morgan fingerprint density at radius 3 is 2.52 bits per heavy atom. The number of piperidine rings is 1. The van der Waals surface area contributed by atoms with Crippen LogP contribution < -0.4 is 0 Å². The van der Waals surface area contributed by atoms with Crippen LogP contribution in [0.3, 0.4) is 0 Å². The number of carbonyl (C=O) groups is 1. The first kappa shape index (κ1) is 29.6. The molecule has 0 N–H and O–H groups in total. The average molecular weight is 598 g/mol. The fraction of sp³-hybridized carbons (Fsp3) is 0.594. The van der Waals surface area contributed by atoms with Gasteiger partial charge in [-0.15, -0.1) is 0 Å². The van der Waals surface area contributed by atoms with Crippen LogP contribution in [0.4, 0.5) is 4.79 Å². The molecule has 10 heteroatoms. The lowest BCUT2D eigenvalue weighted by Crippen LogP contribution is -2.49. The van der Waals surface area contributed by atoms with Crippen LogP contribution in [-0.2, 0) is 29.6 Å². The van der Waals surface area contributed by atoms with Crippen LogP contribution in [0.5, 0.6) is 0 Å². The summed E-state index contributed by atoms with van der Waals surface area (Å²) in [6, 6.07) is 19.1. The standard InChI is InChI=1S/C32H43N3O6S/c1-32(25-9-5-3-6-10-25,23-33(2)42(37,38)26-11-7-4-8-12-26)16-19-34-17-14-28-24(21-34)13-18-35(28)31(36)41-29-22-40-30-27(29)15-20-39-30/h3-12,24,27-30H,13-23H2,1-2H3/t24?,27?,28?,29?,30-,32?/m1/s1. The van der Waals surface area contributed by atoms with Crippen LogP contribution in [-0.4, -0.2) is 100 Å². The van der Waals surface area contributed by atoms with E-state index >= 15 is 0 Å². The van der Waals surface area contributed by atoms with Gasteiger partial charge < -0.3 is 24.0 Å². The summed E-state index contributed by atoms with van der Waals surface area (Å²) >= 11 is 0. The molecule has 9 nitrogen and oxygen atoms in total. The summed E-state index contributed by atoms with van der Waals surface area (Å²) in [5, 5.41) is 0. The van der Waals surface area contributed by atoms with Crippen molar-refractivity contribution < 1.29 is 27.4 Å². The minimum absolute atomic E-state index is 0.148. The van der Waals surface area contributed by atoms with Crippen molar-refractivity contribution in [2.45, 2.75) is 61.4 Å². The lowest BCUT2D eigenvalue weighted by molar-refractivity contribution is -0.0907. The van der Waals surface area contributed by atoms with Gasteiger partial charge in [0, 0.05) is 44.7 Å². The second-order valence-corrected chi connectivity index (χ2v) is 14.6. The highest BCUT2D eigenvalue weighted by Crippen LogP contribution is 2.37. The van der Waals surface area contributed by atoms with Gasteiger partial charge in [-0.3, -0.25) is 0 Å². The van der Waals surface area contributed by atoms with Crippen LogP contribution in [0.25, 0.3) is 0 Å². The number of carbonyl (C=O) groups excluding carboxylic acids is 1. The van der Waals surface area contributed by atoms with E-state index in [0.717, 1.165) is 57.4 Å². The quantitative estimate of drug-likeness (QED) is 0.433. The lowest BCUT2D eigenvalue weighted by Gasteiger charge is -2.40. The minimum Gasteiger partial charge on any atom is -0.443 e.